The second kappa shape index (κ2) is 8.00. The SMILES string of the molecule is C[C@@H](CO)NC(=O)NC1CCCN(Cc2ccccc2)C1. The van der Waals surface area contributed by atoms with Crippen LogP contribution >= 0.6 is 0 Å². The van der Waals surface area contributed by atoms with Gasteiger partial charge in [-0.15, -0.1) is 0 Å². The minimum atomic E-state index is -0.214. The van der Waals surface area contributed by atoms with E-state index in [0.29, 0.717) is 0 Å². The molecule has 0 bridgehead atoms. The number of rotatable bonds is 5. The molecule has 116 valence electrons. The molecule has 1 aromatic carbocycles. The zero-order chi connectivity index (χ0) is 15.1. The molecule has 0 aliphatic carbocycles. The Hall–Kier alpha value is -1.59. The lowest BCUT2D eigenvalue weighted by molar-refractivity contribution is 0.177. The molecule has 1 aliphatic rings. The number of amides is 2. The molecular weight excluding hydrogens is 266 g/mol. The van der Waals surface area contributed by atoms with Crippen LogP contribution in [0.15, 0.2) is 30.3 Å². The number of likely N-dealkylation sites (tertiary alicyclic amines) is 1. The highest BCUT2D eigenvalue weighted by molar-refractivity contribution is 5.74. The first kappa shape index (κ1) is 15.8. The van der Waals surface area contributed by atoms with E-state index in [1.807, 2.05) is 6.07 Å². The number of hydrogen-bond acceptors (Lipinski definition) is 3. The molecule has 0 spiro atoms. The van der Waals surface area contributed by atoms with Crippen molar-refractivity contribution in [3.63, 3.8) is 0 Å². The van der Waals surface area contributed by atoms with E-state index in [1.165, 1.54) is 5.56 Å². The summed E-state index contributed by atoms with van der Waals surface area (Å²) in [7, 11) is 0. The molecule has 1 unspecified atom stereocenters. The lowest BCUT2D eigenvalue weighted by Gasteiger charge is -2.33. The first-order valence-electron chi connectivity index (χ1n) is 7.61. The van der Waals surface area contributed by atoms with Crippen LogP contribution in [0.5, 0.6) is 0 Å². The van der Waals surface area contributed by atoms with Crippen molar-refractivity contribution >= 4 is 6.03 Å². The third-order valence-corrected chi connectivity index (χ3v) is 3.74. The number of nitrogens with zero attached hydrogens (tertiary/aromatic N) is 1. The zero-order valence-electron chi connectivity index (χ0n) is 12.6. The van der Waals surface area contributed by atoms with Gasteiger partial charge in [-0.05, 0) is 31.9 Å². The van der Waals surface area contributed by atoms with Crippen LogP contribution in [0.25, 0.3) is 0 Å². The number of urea groups is 1. The van der Waals surface area contributed by atoms with Crippen LogP contribution in [-0.4, -0.2) is 47.8 Å². The second-order valence-electron chi connectivity index (χ2n) is 5.76. The van der Waals surface area contributed by atoms with Gasteiger partial charge in [0.05, 0.1) is 12.6 Å². The number of aliphatic hydroxyl groups excluding tert-OH is 1. The molecule has 2 amide bonds. The maximum Gasteiger partial charge on any atom is 0.315 e. The summed E-state index contributed by atoms with van der Waals surface area (Å²) >= 11 is 0. The highest BCUT2D eigenvalue weighted by atomic mass is 16.3. The van der Waals surface area contributed by atoms with Crippen LogP contribution in [0, 0.1) is 0 Å². The molecule has 0 aromatic heterocycles. The van der Waals surface area contributed by atoms with Crippen LogP contribution in [0.3, 0.4) is 0 Å². The van der Waals surface area contributed by atoms with E-state index in [9.17, 15) is 4.79 Å². The van der Waals surface area contributed by atoms with Gasteiger partial charge in [-0.3, -0.25) is 4.90 Å². The molecule has 2 rings (SSSR count). The van der Waals surface area contributed by atoms with Gasteiger partial charge in [-0.1, -0.05) is 30.3 Å². The van der Waals surface area contributed by atoms with E-state index in [4.69, 9.17) is 5.11 Å². The summed E-state index contributed by atoms with van der Waals surface area (Å²) in [4.78, 5) is 14.2. The van der Waals surface area contributed by atoms with E-state index < -0.39 is 0 Å². The van der Waals surface area contributed by atoms with Crippen LogP contribution in [-0.2, 0) is 6.54 Å². The number of aliphatic hydroxyl groups is 1. The van der Waals surface area contributed by atoms with E-state index >= 15 is 0 Å². The second-order valence-corrected chi connectivity index (χ2v) is 5.76. The molecule has 0 radical (unpaired) electrons. The lowest BCUT2D eigenvalue weighted by atomic mass is 10.0. The first-order valence-corrected chi connectivity index (χ1v) is 7.61. The topological polar surface area (TPSA) is 64.6 Å². The fraction of sp³-hybridized carbons (Fsp3) is 0.562. The zero-order valence-corrected chi connectivity index (χ0v) is 12.6. The highest BCUT2D eigenvalue weighted by Gasteiger charge is 2.21. The molecule has 1 aliphatic heterocycles. The summed E-state index contributed by atoms with van der Waals surface area (Å²) in [5.41, 5.74) is 1.30. The fourth-order valence-corrected chi connectivity index (χ4v) is 2.66. The van der Waals surface area contributed by atoms with Crippen molar-refractivity contribution in [3.05, 3.63) is 35.9 Å². The summed E-state index contributed by atoms with van der Waals surface area (Å²) in [6.45, 7) is 4.60. The Balaban J connectivity index is 1.79. The Morgan fingerprint density at radius 1 is 1.43 bits per heavy atom. The van der Waals surface area contributed by atoms with Gasteiger partial charge in [0.15, 0.2) is 0 Å². The number of carbonyl (C=O) groups excluding carboxylic acids is 1. The molecule has 1 aromatic rings. The van der Waals surface area contributed by atoms with Gasteiger partial charge in [0.1, 0.15) is 0 Å². The van der Waals surface area contributed by atoms with Crippen LogP contribution in [0.1, 0.15) is 25.3 Å². The van der Waals surface area contributed by atoms with E-state index in [2.05, 4.69) is 39.8 Å². The van der Waals surface area contributed by atoms with Crippen molar-refractivity contribution in [2.75, 3.05) is 19.7 Å². The Kier molecular flexibility index (Phi) is 6.02. The van der Waals surface area contributed by atoms with E-state index in [-0.39, 0.29) is 24.7 Å². The number of piperidine rings is 1. The number of carbonyl (C=O) groups is 1. The Labute approximate surface area is 126 Å². The van der Waals surface area contributed by atoms with Gasteiger partial charge in [-0.2, -0.15) is 0 Å². The summed E-state index contributed by atoms with van der Waals surface area (Å²) in [5.74, 6) is 0. The largest absolute Gasteiger partial charge is 0.394 e. The average molecular weight is 291 g/mol. The van der Waals surface area contributed by atoms with Gasteiger partial charge in [-0.25, -0.2) is 4.79 Å². The third-order valence-electron chi connectivity index (χ3n) is 3.74. The Morgan fingerprint density at radius 2 is 2.19 bits per heavy atom. The van der Waals surface area contributed by atoms with Gasteiger partial charge in [0, 0.05) is 19.1 Å². The Bertz CT molecular complexity index is 438. The first-order chi connectivity index (χ1) is 10.2. The molecule has 2 atom stereocenters. The van der Waals surface area contributed by atoms with Crippen molar-refractivity contribution in [3.8, 4) is 0 Å². The van der Waals surface area contributed by atoms with Crippen LogP contribution < -0.4 is 10.6 Å². The molecule has 1 saturated heterocycles. The minimum absolute atomic E-state index is 0.0434. The monoisotopic (exact) mass is 291 g/mol. The van der Waals surface area contributed by atoms with Crippen molar-refractivity contribution in [2.45, 2.75) is 38.4 Å². The number of nitrogens with one attached hydrogen (secondary N) is 2. The molecule has 5 heteroatoms. The molecule has 1 fully saturated rings. The summed E-state index contributed by atoms with van der Waals surface area (Å²) in [6, 6.07) is 10.2. The fourth-order valence-electron chi connectivity index (χ4n) is 2.66. The average Bonchev–Trinajstić information content (AvgIpc) is 2.48. The molecular formula is C16H25N3O2. The normalized spacial score (nSPS) is 20.8. The van der Waals surface area contributed by atoms with E-state index in [0.717, 1.165) is 32.5 Å². The van der Waals surface area contributed by atoms with Gasteiger partial charge >= 0.3 is 6.03 Å². The van der Waals surface area contributed by atoms with Gasteiger partial charge < -0.3 is 15.7 Å². The lowest BCUT2D eigenvalue weighted by Crippen LogP contribution is -2.52. The summed E-state index contributed by atoms with van der Waals surface area (Å²) in [5, 5.41) is 14.7. The minimum Gasteiger partial charge on any atom is -0.394 e. The van der Waals surface area contributed by atoms with Gasteiger partial charge in [0.25, 0.3) is 0 Å². The number of benzene rings is 1. The molecule has 0 saturated carbocycles. The third kappa shape index (κ3) is 5.36. The summed E-state index contributed by atoms with van der Waals surface area (Å²) in [6.07, 6.45) is 2.10. The van der Waals surface area contributed by atoms with E-state index in [1.54, 1.807) is 6.92 Å². The van der Waals surface area contributed by atoms with Crippen LogP contribution in [0.4, 0.5) is 4.79 Å². The standard InChI is InChI=1S/C16H25N3O2/c1-13(12-20)17-16(21)18-15-8-5-9-19(11-15)10-14-6-3-2-4-7-14/h2-4,6-7,13,15,20H,5,8-12H2,1H3,(H2,17,18,21)/t13-,15?/m0/s1. The van der Waals surface area contributed by atoms with Crippen LogP contribution in [0.2, 0.25) is 0 Å². The smallest absolute Gasteiger partial charge is 0.315 e. The quantitative estimate of drug-likeness (QED) is 0.767. The highest BCUT2D eigenvalue weighted by Crippen LogP contribution is 2.13. The van der Waals surface area contributed by atoms with Crippen molar-refractivity contribution in [2.24, 2.45) is 0 Å². The van der Waals surface area contributed by atoms with Crippen molar-refractivity contribution < 1.29 is 9.90 Å². The maximum atomic E-state index is 11.8. The number of hydrogen-bond donors (Lipinski definition) is 3. The van der Waals surface area contributed by atoms with Crippen molar-refractivity contribution in [1.82, 2.24) is 15.5 Å². The molecule has 1 heterocycles. The predicted molar refractivity (Wildman–Crippen MR) is 83.0 cm³/mol. The molecule has 5 nitrogen and oxygen atoms in total. The maximum absolute atomic E-state index is 11.8. The predicted octanol–water partition coefficient (Wildman–Crippen LogP) is 1.33. The van der Waals surface area contributed by atoms with Crippen molar-refractivity contribution in [1.29, 1.82) is 0 Å². The summed E-state index contributed by atoms with van der Waals surface area (Å²) < 4.78 is 0. The van der Waals surface area contributed by atoms with Gasteiger partial charge in [0.2, 0.25) is 0 Å². The molecule has 21 heavy (non-hydrogen) atoms. The Morgan fingerprint density at radius 3 is 2.90 bits per heavy atom. The molecule has 3 N–H and O–H groups in total.